The van der Waals surface area contributed by atoms with Crippen molar-refractivity contribution in [2.24, 2.45) is 0 Å². The summed E-state index contributed by atoms with van der Waals surface area (Å²) < 4.78 is 21.1. The first kappa shape index (κ1) is 21.2. The average molecular weight is 404 g/mol. The summed E-state index contributed by atoms with van der Waals surface area (Å²) in [7, 11) is 1.29. The Labute approximate surface area is 168 Å². The fourth-order valence-corrected chi connectivity index (χ4v) is 2.92. The van der Waals surface area contributed by atoms with Gasteiger partial charge in [0.05, 0.1) is 5.56 Å². The van der Waals surface area contributed by atoms with Crippen LogP contribution in [-0.2, 0) is 20.8 Å². The van der Waals surface area contributed by atoms with Crippen LogP contribution in [0.4, 0.5) is 0 Å². The van der Waals surface area contributed by atoms with Crippen LogP contribution in [0.3, 0.4) is 0 Å². The Morgan fingerprint density at radius 3 is 2.31 bits per heavy atom. The lowest BCUT2D eigenvalue weighted by molar-refractivity contribution is -0.294. The van der Waals surface area contributed by atoms with Crippen LogP contribution in [-0.4, -0.2) is 65.7 Å². The molecule has 8 heteroatoms. The molecule has 0 saturated carbocycles. The Bertz CT molecular complexity index is 777. The van der Waals surface area contributed by atoms with Gasteiger partial charge in [-0.25, -0.2) is 4.79 Å². The Morgan fingerprint density at radius 2 is 1.66 bits per heavy atom. The van der Waals surface area contributed by atoms with Gasteiger partial charge in [-0.1, -0.05) is 30.3 Å². The van der Waals surface area contributed by atoms with Crippen molar-refractivity contribution in [1.82, 2.24) is 0 Å². The fourth-order valence-electron chi connectivity index (χ4n) is 2.92. The maximum Gasteiger partial charge on any atom is 0.338 e. The Morgan fingerprint density at radius 1 is 0.966 bits per heavy atom. The molecular formula is C21H24O8. The number of methoxy groups -OCH3 is 1. The second-order valence-electron chi connectivity index (χ2n) is 6.65. The zero-order chi connectivity index (χ0) is 20.8. The van der Waals surface area contributed by atoms with Gasteiger partial charge < -0.3 is 34.3 Å². The van der Waals surface area contributed by atoms with Gasteiger partial charge in [-0.05, 0) is 29.8 Å². The number of aliphatic hydroxyl groups is 3. The lowest BCUT2D eigenvalue weighted by Crippen LogP contribution is -2.59. The first-order valence-corrected chi connectivity index (χ1v) is 9.16. The standard InChI is InChI=1S/C21H24O8/c1-26-21-19(24)18(23)17(22)16(29-21)12-28-20(25)14-7-9-15(10-8-14)27-11-13-5-3-2-4-6-13/h2-10,16-19,21-24H,11-12H2,1H3/t16-,17+,18+,19-,21-/m1/s1. The van der Waals surface area contributed by atoms with E-state index in [0.29, 0.717) is 17.9 Å². The minimum absolute atomic E-state index is 0.297. The van der Waals surface area contributed by atoms with Gasteiger partial charge in [0, 0.05) is 7.11 Å². The predicted octanol–water partition coefficient (Wildman–Crippen LogP) is 0.876. The minimum atomic E-state index is -1.47. The van der Waals surface area contributed by atoms with Crippen molar-refractivity contribution in [1.29, 1.82) is 0 Å². The number of benzene rings is 2. The van der Waals surface area contributed by atoms with Crippen molar-refractivity contribution < 1.29 is 39.1 Å². The Balaban J connectivity index is 1.51. The molecule has 0 aromatic heterocycles. The summed E-state index contributed by atoms with van der Waals surface area (Å²) in [5.41, 5.74) is 1.33. The molecule has 0 aliphatic carbocycles. The highest BCUT2D eigenvalue weighted by molar-refractivity contribution is 5.89. The van der Waals surface area contributed by atoms with Gasteiger partial charge in [-0.15, -0.1) is 0 Å². The van der Waals surface area contributed by atoms with Crippen molar-refractivity contribution in [3.8, 4) is 5.75 Å². The van der Waals surface area contributed by atoms with E-state index in [9.17, 15) is 20.1 Å². The normalized spacial score (nSPS) is 26.7. The highest BCUT2D eigenvalue weighted by atomic mass is 16.7. The second-order valence-corrected chi connectivity index (χ2v) is 6.65. The van der Waals surface area contributed by atoms with Crippen LogP contribution in [0.1, 0.15) is 15.9 Å². The maximum absolute atomic E-state index is 12.2. The molecule has 3 rings (SSSR count). The molecule has 1 aliphatic heterocycles. The summed E-state index contributed by atoms with van der Waals surface area (Å²) in [6, 6.07) is 16.2. The van der Waals surface area contributed by atoms with Gasteiger partial charge in [-0.3, -0.25) is 0 Å². The van der Waals surface area contributed by atoms with Gasteiger partial charge >= 0.3 is 5.97 Å². The molecule has 5 atom stereocenters. The number of rotatable bonds is 7. The molecule has 1 fully saturated rings. The van der Waals surface area contributed by atoms with E-state index in [1.165, 1.54) is 7.11 Å². The average Bonchev–Trinajstić information content (AvgIpc) is 2.76. The van der Waals surface area contributed by atoms with Crippen LogP contribution in [0.2, 0.25) is 0 Å². The second kappa shape index (κ2) is 9.82. The number of carbonyl (C=O) groups excluding carboxylic acids is 1. The largest absolute Gasteiger partial charge is 0.489 e. The number of hydrogen-bond acceptors (Lipinski definition) is 8. The zero-order valence-corrected chi connectivity index (χ0v) is 15.9. The lowest BCUT2D eigenvalue weighted by Gasteiger charge is -2.39. The first-order chi connectivity index (χ1) is 14.0. The van der Waals surface area contributed by atoms with Crippen LogP contribution < -0.4 is 4.74 Å². The maximum atomic E-state index is 12.2. The van der Waals surface area contributed by atoms with Crippen LogP contribution in [0.25, 0.3) is 0 Å². The van der Waals surface area contributed by atoms with Crippen LogP contribution in [0, 0.1) is 0 Å². The van der Waals surface area contributed by atoms with Gasteiger partial charge in [0.15, 0.2) is 6.29 Å². The minimum Gasteiger partial charge on any atom is -0.489 e. The number of ether oxygens (including phenoxy) is 4. The number of hydrogen-bond donors (Lipinski definition) is 3. The van der Waals surface area contributed by atoms with Crippen molar-refractivity contribution in [2.45, 2.75) is 37.3 Å². The third-order valence-corrected chi connectivity index (χ3v) is 4.62. The van der Waals surface area contributed by atoms with E-state index in [4.69, 9.17) is 18.9 Å². The van der Waals surface area contributed by atoms with Crippen LogP contribution in [0.15, 0.2) is 54.6 Å². The van der Waals surface area contributed by atoms with E-state index in [1.54, 1.807) is 24.3 Å². The smallest absolute Gasteiger partial charge is 0.338 e. The summed E-state index contributed by atoms with van der Waals surface area (Å²) in [5, 5.41) is 29.6. The summed E-state index contributed by atoms with van der Waals surface area (Å²) in [6.45, 7) is 0.103. The molecule has 1 aliphatic rings. The van der Waals surface area contributed by atoms with E-state index in [1.807, 2.05) is 30.3 Å². The predicted molar refractivity (Wildman–Crippen MR) is 101 cm³/mol. The SMILES string of the molecule is CO[C@@H]1O[C@H](COC(=O)c2ccc(OCc3ccccc3)cc2)[C@H](O)[C@H](O)[C@H]1O. The molecule has 0 amide bonds. The Kier molecular flexibility index (Phi) is 7.18. The zero-order valence-electron chi connectivity index (χ0n) is 15.9. The summed E-state index contributed by atoms with van der Waals surface area (Å²) in [4.78, 5) is 12.2. The molecule has 3 N–H and O–H groups in total. The van der Waals surface area contributed by atoms with Gasteiger partial charge in [-0.2, -0.15) is 0 Å². The lowest BCUT2D eigenvalue weighted by atomic mass is 9.99. The van der Waals surface area contributed by atoms with E-state index in [2.05, 4.69) is 0 Å². The van der Waals surface area contributed by atoms with E-state index in [0.717, 1.165) is 5.56 Å². The molecular weight excluding hydrogens is 380 g/mol. The van der Waals surface area contributed by atoms with Crippen LogP contribution in [0.5, 0.6) is 5.75 Å². The third-order valence-electron chi connectivity index (χ3n) is 4.62. The molecule has 8 nitrogen and oxygen atoms in total. The monoisotopic (exact) mass is 404 g/mol. The molecule has 156 valence electrons. The molecule has 2 aromatic carbocycles. The van der Waals surface area contributed by atoms with E-state index in [-0.39, 0.29) is 6.61 Å². The number of aliphatic hydroxyl groups excluding tert-OH is 3. The van der Waals surface area contributed by atoms with Crippen molar-refractivity contribution in [2.75, 3.05) is 13.7 Å². The van der Waals surface area contributed by atoms with Gasteiger partial charge in [0.25, 0.3) is 0 Å². The fraction of sp³-hybridized carbons (Fsp3) is 0.381. The van der Waals surface area contributed by atoms with Crippen molar-refractivity contribution in [3.63, 3.8) is 0 Å². The van der Waals surface area contributed by atoms with Crippen LogP contribution >= 0.6 is 0 Å². The molecule has 1 saturated heterocycles. The highest BCUT2D eigenvalue weighted by Gasteiger charge is 2.44. The molecule has 0 spiro atoms. The number of esters is 1. The summed E-state index contributed by atoms with van der Waals surface area (Å²) in [5.74, 6) is -0.0125. The quantitative estimate of drug-likeness (QED) is 0.583. The summed E-state index contributed by atoms with van der Waals surface area (Å²) >= 11 is 0. The molecule has 0 bridgehead atoms. The van der Waals surface area contributed by atoms with Crippen molar-refractivity contribution >= 4 is 5.97 Å². The van der Waals surface area contributed by atoms with Crippen molar-refractivity contribution in [3.05, 3.63) is 65.7 Å². The highest BCUT2D eigenvalue weighted by Crippen LogP contribution is 2.22. The molecule has 1 heterocycles. The van der Waals surface area contributed by atoms with E-state index < -0.39 is 36.7 Å². The molecule has 0 unspecified atom stereocenters. The molecule has 0 radical (unpaired) electrons. The third kappa shape index (κ3) is 5.31. The van der Waals surface area contributed by atoms with E-state index >= 15 is 0 Å². The number of carbonyl (C=O) groups is 1. The summed E-state index contributed by atoms with van der Waals surface area (Å²) in [6.07, 6.45) is -6.45. The van der Waals surface area contributed by atoms with Gasteiger partial charge in [0.1, 0.15) is 43.4 Å². The van der Waals surface area contributed by atoms with Gasteiger partial charge in [0.2, 0.25) is 0 Å². The molecule has 29 heavy (non-hydrogen) atoms. The first-order valence-electron chi connectivity index (χ1n) is 9.16. The Hall–Kier alpha value is -2.49. The topological polar surface area (TPSA) is 115 Å². The molecule has 2 aromatic rings.